The molecule has 0 unspecified atom stereocenters. The minimum Gasteiger partial charge on any atom is -0.444 e. The van der Waals surface area contributed by atoms with Crippen molar-refractivity contribution in [1.82, 2.24) is 24.6 Å². The van der Waals surface area contributed by atoms with Gasteiger partial charge in [0.15, 0.2) is 18.0 Å². The van der Waals surface area contributed by atoms with Gasteiger partial charge in [-0.05, 0) is 51.8 Å². The number of alkyl carbamates (subject to hydrolysis) is 1. The maximum atomic E-state index is 13.6. The lowest BCUT2D eigenvalue weighted by molar-refractivity contribution is 0.0465. The molecule has 1 aromatic carbocycles. The van der Waals surface area contributed by atoms with Gasteiger partial charge in [0.1, 0.15) is 22.6 Å². The Bertz CT molecular complexity index is 1370. The van der Waals surface area contributed by atoms with Gasteiger partial charge in [-0.1, -0.05) is 0 Å². The summed E-state index contributed by atoms with van der Waals surface area (Å²) in [5, 5.41) is 17.1. The van der Waals surface area contributed by atoms with Crippen molar-refractivity contribution >= 4 is 46.9 Å². The molecule has 0 radical (unpaired) electrons. The van der Waals surface area contributed by atoms with Crippen LogP contribution < -0.4 is 16.0 Å². The number of ether oxygens (including phenoxy) is 1. The highest BCUT2D eigenvalue weighted by Crippen LogP contribution is 2.27. The second-order valence-electron chi connectivity index (χ2n) is 9.66. The van der Waals surface area contributed by atoms with Gasteiger partial charge in [0.2, 0.25) is 0 Å². The van der Waals surface area contributed by atoms with Gasteiger partial charge >= 0.3 is 6.09 Å². The van der Waals surface area contributed by atoms with E-state index in [1.54, 1.807) is 27.8 Å². The lowest BCUT2D eigenvalue weighted by Gasteiger charge is -2.36. The Balaban J connectivity index is 1.51. The van der Waals surface area contributed by atoms with Crippen LogP contribution in [0.4, 0.5) is 18.8 Å². The average Bonchev–Trinajstić information content (AvgIpc) is 3.19. The maximum Gasteiger partial charge on any atom is 0.407 e. The number of carbonyl (C=O) groups is 2. The maximum absolute atomic E-state index is 13.6. The third-order valence-corrected chi connectivity index (χ3v) is 6.18. The summed E-state index contributed by atoms with van der Waals surface area (Å²) in [4.78, 5) is 33.6. The van der Waals surface area contributed by atoms with Crippen LogP contribution in [-0.2, 0) is 4.74 Å². The van der Waals surface area contributed by atoms with E-state index >= 15 is 0 Å². The van der Waals surface area contributed by atoms with E-state index in [9.17, 15) is 17.9 Å². The number of hydrogen-bond acceptors (Lipinski definition) is 8. The van der Waals surface area contributed by atoms with Crippen LogP contribution in [0, 0.1) is 11.2 Å². The van der Waals surface area contributed by atoms with Crippen LogP contribution in [0.2, 0.25) is 0 Å². The second-order valence-corrected chi connectivity index (χ2v) is 10.2. The molecule has 37 heavy (non-hydrogen) atoms. The van der Waals surface area contributed by atoms with Crippen LogP contribution in [0.25, 0.3) is 11.2 Å². The molecule has 1 aliphatic carbocycles. The largest absolute Gasteiger partial charge is 0.444 e. The van der Waals surface area contributed by atoms with Crippen molar-refractivity contribution in [1.29, 1.82) is 5.41 Å². The van der Waals surface area contributed by atoms with Crippen LogP contribution in [0.15, 0.2) is 30.6 Å². The summed E-state index contributed by atoms with van der Waals surface area (Å²) in [6.45, 7) is 5.33. The summed E-state index contributed by atoms with van der Waals surface area (Å²) >= 11 is -0.128. The van der Waals surface area contributed by atoms with Gasteiger partial charge in [-0.15, -0.1) is 3.89 Å². The van der Waals surface area contributed by atoms with Crippen LogP contribution in [0.3, 0.4) is 0 Å². The summed E-state index contributed by atoms with van der Waals surface area (Å²) in [6.07, 6.45) is 3.12. The van der Waals surface area contributed by atoms with Gasteiger partial charge in [-0.3, -0.25) is 10.2 Å². The van der Waals surface area contributed by atoms with E-state index in [-0.39, 0.29) is 52.6 Å². The lowest BCUT2D eigenvalue weighted by Crippen LogP contribution is -2.54. The number of hydrogen-bond donors (Lipinski definition) is 4. The minimum atomic E-state index is -0.606. The molecule has 0 saturated heterocycles. The summed E-state index contributed by atoms with van der Waals surface area (Å²) in [7, 11) is 1.61. The normalized spacial score (nSPS) is 17.1. The zero-order valence-corrected chi connectivity index (χ0v) is 21.5. The Morgan fingerprint density at radius 2 is 1.89 bits per heavy atom. The number of amides is 2. The standard InChI is InChI=1S/C24H27F2N7O3S/c1-24(2,3)36-23(35)31-14-8-13(9-14)30-22(34)16-11-33(37-26)21-20(16)32-18(10-29-21)19(27)15-6-5-12(25)7-17(15)28-4/h5-7,10-11,13-14,27-28H,8-9H2,1-4H3,(H,30,34)(H,31,35). The van der Waals surface area contributed by atoms with Gasteiger partial charge in [-0.2, -0.15) is 0 Å². The van der Waals surface area contributed by atoms with E-state index in [4.69, 9.17) is 10.1 Å². The highest BCUT2D eigenvalue weighted by atomic mass is 32.2. The molecule has 0 bridgehead atoms. The fourth-order valence-electron chi connectivity index (χ4n) is 3.97. The van der Waals surface area contributed by atoms with Gasteiger partial charge in [0.05, 0.1) is 17.5 Å². The molecule has 0 atom stereocenters. The first-order valence-corrected chi connectivity index (χ1v) is 12.2. The van der Waals surface area contributed by atoms with Crippen LogP contribution >= 0.6 is 12.3 Å². The smallest absolute Gasteiger partial charge is 0.407 e. The molecule has 2 heterocycles. The molecule has 0 spiro atoms. The predicted molar refractivity (Wildman–Crippen MR) is 137 cm³/mol. The number of anilines is 1. The van der Waals surface area contributed by atoms with E-state index in [0.717, 1.165) is 3.97 Å². The Hall–Kier alpha value is -3.74. The molecule has 13 heteroatoms. The van der Waals surface area contributed by atoms with Crippen molar-refractivity contribution in [3.05, 3.63) is 53.2 Å². The third kappa shape index (κ3) is 5.82. The predicted octanol–water partition coefficient (Wildman–Crippen LogP) is 4.19. The molecule has 4 N–H and O–H groups in total. The highest BCUT2D eigenvalue weighted by molar-refractivity contribution is 7.92. The molecule has 0 aliphatic heterocycles. The molecule has 1 aliphatic rings. The minimum absolute atomic E-state index is 0.0409. The molecule has 2 amide bonds. The molecule has 2 aromatic heterocycles. The van der Waals surface area contributed by atoms with Crippen molar-refractivity contribution in [2.24, 2.45) is 0 Å². The summed E-state index contributed by atoms with van der Waals surface area (Å²) in [6, 6.07) is 3.61. The molecule has 4 rings (SSSR count). The van der Waals surface area contributed by atoms with Crippen LogP contribution in [-0.4, -0.2) is 56.4 Å². The van der Waals surface area contributed by atoms with Gasteiger partial charge < -0.3 is 20.7 Å². The molecular formula is C24H27F2N7O3S. The van der Waals surface area contributed by atoms with Crippen LogP contribution in [0.1, 0.15) is 55.2 Å². The van der Waals surface area contributed by atoms with Crippen molar-refractivity contribution in [2.75, 3.05) is 12.4 Å². The number of fused-ring (bicyclic) bond motifs is 1. The zero-order chi connectivity index (χ0) is 26.9. The summed E-state index contributed by atoms with van der Waals surface area (Å²) in [5.74, 6) is -0.938. The van der Waals surface area contributed by atoms with E-state index < -0.39 is 23.4 Å². The Morgan fingerprint density at radius 1 is 1.19 bits per heavy atom. The third-order valence-electron chi connectivity index (χ3n) is 5.75. The lowest BCUT2D eigenvalue weighted by atomic mass is 9.86. The quantitative estimate of drug-likeness (QED) is 0.336. The Labute approximate surface area is 216 Å². The Morgan fingerprint density at radius 3 is 2.54 bits per heavy atom. The van der Waals surface area contributed by atoms with Gasteiger partial charge in [-0.25, -0.2) is 23.1 Å². The van der Waals surface area contributed by atoms with Crippen molar-refractivity contribution in [2.45, 2.75) is 51.3 Å². The number of benzene rings is 1. The average molecular weight is 532 g/mol. The number of rotatable bonds is 7. The van der Waals surface area contributed by atoms with Crippen molar-refractivity contribution < 1.29 is 22.6 Å². The van der Waals surface area contributed by atoms with E-state index in [1.807, 2.05) is 0 Å². The van der Waals surface area contributed by atoms with Gasteiger partial charge in [0, 0.05) is 36.6 Å². The Kier molecular flexibility index (Phi) is 7.35. The molecule has 1 saturated carbocycles. The fraction of sp³-hybridized carbons (Fsp3) is 0.375. The number of nitrogens with one attached hydrogen (secondary N) is 4. The van der Waals surface area contributed by atoms with E-state index in [0.29, 0.717) is 24.1 Å². The van der Waals surface area contributed by atoms with E-state index in [2.05, 4.69) is 25.9 Å². The molecule has 3 aromatic rings. The van der Waals surface area contributed by atoms with E-state index in [1.165, 1.54) is 30.6 Å². The fourth-order valence-corrected chi connectivity index (χ4v) is 4.32. The number of halogens is 2. The van der Waals surface area contributed by atoms with Crippen LogP contribution in [0.5, 0.6) is 0 Å². The number of nitrogens with zero attached hydrogens (tertiary/aromatic N) is 3. The molecule has 10 nitrogen and oxygen atoms in total. The summed E-state index contributed by atoms with van der Waals surface area (Å²) < 4.78 is 33.5. The topological polar surface area (TPSA) is 134 Å². The van der Waals surface area contributed by atoms with Gasteiger partial charge in [0.25, 0.3) is 5.91 Å². The molecule has 1 fully saturated rings. The first-order chi connectivity index (χ1) is 17.5. The van der Waals surface area contributed by atoms with Crippen molar-refractivity contribution in [3.63, 3.8) is 0 Å². The molecule has 196 valence electrons. The second kappa shape index (κ2) is 10.3. The highest BCUT2D eigenvalue weighted by Gasteiger charge is 2.33. The monoisotopic (exact) mass is 531 g/mol. The first kappa shape index (κ1) is 26.3. The first-order valence-electron chi connectivity index (χ1n) is 11.5. The van der Waals surface area contributed by atoms with Crippen molar-refractivity contribution in [3.8, 4) is 0 Å². The number of carbonyl (C=O) groups excluding carboxylic acids is 2. The molecular weight excluding hydrogens is 504 g/mol. The number of aromatic nitrogens is 3. The summed E-state index contributed by atoms with van der Waals surface area (Å²) in [5.41, 5.74) is 0.616. The SMILES string of the molecule is CNc1cc(F)ccc1C(=N)c1cnc2c(n1)c(C(=O)NC1CC(NC(=O)OC(C)(C)C)C1)cn2SF. The zero-order valence-electron chi connectivity index (χ0n) is 20.7.